The second kappa shape index (κ2) is 3.02. The standard InChI is InChI=1S/C6H7IN/c1-7-6-4-2-3-5-8-6/h2-5H,1H3/q-1. The van der Waals surface area contributed by atoms with Gasteiger partial charge in [-0.15, -0.1) is 0 Å². The van der Waals surface area contributed by atoms with Gasteiger partial charge in [-0.2, -0.15) is 0 Å². The van der Waals surface area contributed by atoms with E-state index in [4.69, 9.17) is 0 Å². The van der Waals surface area contributed by atoms with Gasteiger partial charge < -0.3 is 0 Å². The van der Waals surface area contributed by atoms with Crippen LogP contribution in [0.4, 0.5) is 0 Å². The number of alkyl halides is 1. The van der Waals surface area contributed by atoms with E-state index in [1.54, 1.807) is 0 Å². The summed E-state index contributed by atoms with van der Waals surface area (Å²) in [5, 5.41) is 0. The van der Waals surface area contributed by atoms with Crippen LogP contribution in [-0.2, 0) is 0 Å². The molecule has 0 aromatic carbocycles. The van der Waals surface area contributed by atoms with Crippen molar-refractivity contribution in [3.8, 4) is 0 Å². The van der Waals surface area contributed by atoms with Gasteiger partial charge in [0.2, 0.25) is 0 Å². The van der Waals surface area contributed by atoms with Gasteiger partial charge in [0.15, 0.2) is 0 Å². The van der Waals surface area contributed by atoms with Gasteiger partial charge in [-0.25, -0.2) is 0 Å². The summed E-state index contributed by atoms with van der Waals surface area (Å²) in [6.07, 6.45) is 1.85. The summed E-state index contributed by atoms with van der Waals surface area (Å²) in [5.41, 5.74) is 0. The maximum atomic E-state index is 4.15. The summed E-state index contributed by atoms with van der Waals surface area (Å²) in [6, 6.07) is 6.06. The molecule has 0 aliphatic rings. The molecule has 0 radical (unpaired) electrons. The first-order chi connectivity index (χ1) is 3.93. The first-order valence-corrected chi connectivity index (χ1v) is 5.57. The molecule has 0 amide bonds. The fourth-order valence-corrected chi connectivity index (χ4v) is 1.46. The number of rotatable bonds is 1. The Labute approximate surface area is 59.4 Å². The zero-order valence-corrected chi connectivity index (χ0v) is 6.79. The molecule has 0 aliphatic heterocycles. The predicted molar refractivity (Wildman–Crippen MR) is 28.9 cm³/mol. The maximum absolute atomic E-state index is 4.15. The van der Waals surface area contributed by atoms with E-state index in [2.05, 4.69) is 16.0 Å². The number of hydrogen-bond donors (Lipinski definition) is 0. The first-order valence-electron chi connectivity index (χ1n) is 2.34. The average molecular weight is 220 g/mol. The Hall–Kier alpha value is -0.120. The van der Waals surface area contributed by atoms with Crippen molar-refractivity contribution in [1.82, 2.24) is 4.98 Å². The van der Waals surface area contributed by atoms with E-state index >= 15 is 0 Å². The molecule has 0 N–H and O–H groups in total. The van der Waals surface area contributed by atoms with Gasteiger partial charge >= 0.3 is 59.2 Å². The van der Waals surface area contributed by atoms with Crippen LogP contribution >= 0.6 is 0 Å². The molecule has 0 saturated carbocycles. The van der Waals surface area contributed by atoms with Crippen molar-refractivity contribution in [2.75, 3.05) is 4.93 Å². The monoisotopic (exact) mass is 220 g/mol. The number of aromatic nitrogens is 1. The molecule has 44 valence electrons. The first kappa shape index (κ1) is 6.01. The summed E-state index contributed by atoms with van der Waals surface area (Å²) in [5.74, 6) is 0. The van der Waals surface area contributed by atoms with E-state index in [-0.39, 0.29) is 21.2 Å². The molecule has 0 bridgehead atoms. The molecule has 1 aromatic heterocycles. The summed E-state index contributed by atoms with van der Waals surface area (Å²) in [6.45, 7) is 0. The minimum atomic E-state index is 0.198. The molecule has 0 spiro atoms. The Bertz CT molecular complexity index is 150. The minimum absolute atomic E-state index is 0.198. The second-order valence-corrected chi connectivity index (χ2v) is 3.53. The fraction of sp³-hybridized carbons (Fsp3) is 0.167. The van der Waals surface area contributed by atoms with Gasteiger partial charge in [0.1, 0.15) is 0 Å². The van der Waals surface area contributed by atoms with Crippen LogP contribution in [0.1, 0.15) is 0 Å². The van der Waals surface area contributed by atoms with Crippen LogP contribution in [-0.4, -0.2) is 9.91 Å². The van der Waals surface area contributed by atoms with Gasteiger partial charge in [0, 0.05) is 0 Å². The van der Waals surface area contributed by atoms with E-state index in [1.807, 2.05) is 18.3 Å². The third kappa shape index (κ3) is 1.43. The second-order valence-electron chi connectivity index (χ2n) is 1.34. The average Bonchev–Trinajstić information content (AvgIpc) is 1.90. The van der Waals surface area contributed by atoms with E-state index in [9.17, 15) is 0 Å². The van der Waals surface area contributed by atoms with Crippen molar-refractivity contribution in [1.29, 1.82) is 0 Å². The van der Waals surface area contributed by atoms with Crippen LogP contribution in [0.15, 0.2) is 24.4 Å². The van der Waals surface area contributed by atoms with Crippen LogP contribution in [0.25, 0.3) is 0 Å². The summed E-state index contributed by atoms with van der Waals surface area (Å²) in [7, 11) is 0. The van der Waals surface area contributed by atoms with Crippen molar-refractivity contribution in [2.45, 2.75) is 0 Å². The SMILES string of the molecule is C[I-]c1ccccn1. The molecule has 8 heavy (non-hydrogen) atoms. The van der Waals surface area contributed by atoms with Crippen molar-refractivity contribution in [2.24, 2.45) is 0 Å². The third-order valence-electron chi connectivity index (χ3n) is 0.822. The van der Waals surface area contributed by atoms with E-state index in [1.165, 1.54) is 3.70 Å². The fourth-order valence-electron chi connectivity index (χ4n) is 0.454. The van der Waals surface area contributed by atoms with E-state index in [0.717, 1.165) is 0 Å². The number of halogens is 1. The van der Waals surface area contributed by atoms with Crippen LogP contribution in [0.2, 0.25) is 0 Å². The third-order valence-corrected chi connectivity index (χ3v) is 2.57. The zero-order chi connectivity index (χ0) is 5.82. The van der Waals surface area contributed by atoms with E-state index in [0.29, 0.717) is 0 Å². The summed E-state index contributed by atoms with van der Waals surface area (Å²) in [4.78, 5) is 6.36. The Balaban J connectivity index is 2.83. The Morgan fingerprint density at radius 2 is 2.38 bits per heavy atom. The number of pyridine rings is 1. The Kier molecular flexibility index (Phi) is 2.27. The quantitative estimate of drug-likeness (QED) is 0.302. The topological polar surface area (TPSA) is 12.9 Å². The molecule has 0 aliphatic carbocycles. The Morgan fingerprint density at radius 3 is 2.75 bits per heavy atom. The number of nitrogens with zero attached hydrogens (tertiary/aromatic N) is 1. The van der Waals surface area contributed by atoms with Crippen molar-refractivity contribution in [3.63, 3.8) is 0 Å². The molecule has 2 heteroatoms. The van der Waals surface area contributed by atoms with Gasteiger partial charge in [-0.05, 0) is 0 Å². The van der Waals surface area contributed by atoms with Crippen LogP contribution in [0.3, 0.4) is 0 Å². The number of hydrogen-bond acceptors (Lipinski definition) is 1. The predicted octanol–water partition coefficient (Wildman–Crippen LogP) is -2.03. The Morgan fingerprint density at radius 1 is 1.50 bits per heavy atom. The zero-order valence-electron chi connectivity index (χ0n) is 4.63. The molecule has 0 fully saturated rings. The van der Waals surface area contributed by atoms with Crippen LogP contribution in [0, 0.1) is 3.70 Å². The van der Waals surface area contributed by atoms with Gasteiger partial charge in [0.05, 0.1) is 0 Å². The van der Waals surface area contributed by atoms with Crippen LogP contribution in [0.5, 0.6) is 0 Å². The van der Waals surface area contributed by atoms with Gasteiger partial charge in [-0.1, -0.05) is 0 Å². The van der Waals surface area contributed by atoms with Crippen LogP contribution < -0.4 is 21.2 Å². The summed E-state index contributed by atoms with van der Waals surface area (Å²) >= 11 is 0.198. The molecule has 1 nitrogen and oxygen atoms in total. The van der Waals surface area contributed by atoms with E-state index < -0.39 is 0 Å². The van der Waals surface area contributed by atoms with Gasteiger partial charge in [0.25, 0.3) is 0 Å². The van der Waals surface area contributed by atoms with Crippen molar-refractivity contribution < 1.29 is 21.2 Å². The molecular weight excluding hydrogens is 213 g/mol. The molecular formula is C6H7IN-. The molecule has 0 unspecified atom stereocenters. The molecule has 1 heterocycles. The molecule has 0 saturated heterocycles. The summed E-state index contributed by atoms with van der Waals surface area (Å²) < 4.78 is 1.27. The van der Waals surface area contributed by atoms with Gasteiger partial charge in [-0.3, -0.25) is 0 Å². The van der Waals surface area contributed by atoms with Crippen molar-refractivity contribution >= 4 is 0 Å². The normalized spacial score (nSPS) is 9.62. The molecule has 1 aromatic rings. The molecule has 1 rings (SSSR count). The molecule has 0 atom stereocenters. The van der Waals surface area contributed by atoms with Crippen molar-refractivity contribution in [3.05, 3.63) is 28.1 Å².